The molecule has 1 aliphatic rings. The number of halogens is 2. The minimum Gasteiger partial charge on any atom is -0.344 e. The fourth-order valence-electron chi connectivity index (χ4n) is 3.00. The molecule has 1 saturated heterocycles. The Balaban J connectivity index is 2.18. The van der Waals surface area contributed by atoms with Crippen molar-refractivity contribution in [3.05, 3.63) is 34.2 Å². The molecule has 108 valence electrons. The standard InChI is InChI=1S/C16H20BrFN2/c1-3-5-10(4-2)20-9-12(15-8-19-15)11-6-14(18)13(17)7-16(11)20/h6-7,9-10,15,19H,3-5,8H2,1-2H3. The molecule has 2 atom stereocenters. The maximum absolute atomic E-state index is 13.9. The molecular weight excluding hydrogens is 319 g/mol. The first-order chi connectivity index (χ1) is 9.65. The van der Waals surface area contributed by atoms with Crippen LogP contribution in [-0.2, 0) is 0 Å². The Kier molecular flexibility index (Phi) is 3.87. The summed E-state index contributed by atoms with van der Waals surface area (Å²) in [5.74, 6) is -0.180. The van der Waals surface area contributed by atoms with Gasteiger partial charge in [-0.1, -0.05) is 20.3 Å². The van der Waals surface area contributed by atoms with Crippen LogP contribution in [-0.4, -0.2) is 11.1 Å². The number of hydrogen-bond donors (Lipinski definition) is 1. The molecule has 0 bridgehead atoms. The van der Waals surface area contributed by atoms with E-state index in [9.17, 15) is 4.39 Å². The summed E-state index contributed by atoms with van der Waals surface area (Å²) < 4.78 is 16.8. The normalized spacial score (nSPS) is 19.5. The second-order valence-corrected chi connectivity index (χ2v) is 6.44. The van der Waals surface area contributed by atoms with Gasteiger partial charge in [-0.3, -0.25) is 0 Å². The summed E-state index contributed by atoms with van der Waals surface area (Å²) in [5.41, 5.74) is 2.38. The lowest BCUT2D eigenvalue weighted by molar-refractivity contribution is 0.459. The molecule has 3 rings (SSSR count). The van der Waals surface area contributed by atoms with Crippen molar-refractivity contribution in [2.45, 2.75) is 45.2 Å². The second kappa shape index (κ2) is 5.49. The summed E-state index contributed by atoms with van der Waals surface area (Å²) >= 11 is 3.32. The van der Waals surface area contributed by atoms with Gasteiger partial charge in [0.25, 0.3) is 0 Å². The van der Waals surface area contributed by atoms with Crippen LogP contribution in [0.2, 0.25) is 0 Å². The summed E-state index contributed by atoms with van der Waals surface area (Å²) in [6.45, 7) is 5.44. The fourth-order valence-corrected chi connectivity index (χ4v) is 3.33. The van der Waals surface area contributed by atoms with Crippen LogP contribution in [0.25, 0.3) is 10.9 Å². The van der Waals surface area contributed by atoms with Crippen LogP contribution in [0.4, 0.5) is 4.39 Å². The van der Waals surface area contributed by atoms with E-state index in [1.807, 2.05) is 6.07 Å². The quantitative estimate of drug-likeness (QED) is 0.768. The van der Waals surface area contributed by atoms with Gasteiger partial charge < -0.3 is 9.88 Å². The Labute approximate surface area is 127 Å². The number of fused-ring (bicyclic) bond motifs is 1. The van der Waals surface area contributed by atoms with Crippen molar-refractivity contribution >= 4 is 26.8 Å². The third-order valence-corrected chi connectivity index (χ3v) is 4.78. The van der Waals surface area contributed by atoms with Gasteiger partial charge in [-0.15, -0.1) is 0 Å². The van der Waals surface area contributed by atoms with Crippen LogP contribution in [0.3, 0.4) is 0 Å². The third kappa shape index (κ3) is 2.40. The zero-order chi connectivity index (χ0) is 14.3. The van der Waals surface area contributed by atoms with E-state index in [0.717, 1.165) is 36.7 Å². The van der Waals surface area contributed by atoms with Gasteiger partial charge in [0.15, 0.2) is 0 Å². The molecule has 2 nitrogen and oxygen atoms in total. The van der Waals surface area contributed by atoms with Crippen LogP contribution in [0, 0.1) is 5.82 Å². The summed E-state index contributed by atoms with van der Waals surface area (Å²) in [6.07, 6.45) is 5.65. The van der Waals surface area contributed by atoms with Gasteiger partial charge in [-0.2, -0.15) is 0 Å². The molecule has 1 aromatic heterocycles. The van der Waals surface area contributed by atoms with Crippen molar-refractivity contribution in [3.8, 4) is 0 Å². The average Bonchev–Trinajstić information content (AvgIpc) is 3.21. The predicted molar refractivity (Wildman–Crippen MR) is 84.6 cm³/mol. The molecule has 2 aromatic rings. The van der Waals surface area contributed by atoms with E-state index < -0.39 is 0 Å². The topological polar surface area (TPSA) is 26.9 Å². The van der Waals surface area contributed by atoms with E-state index in [0.29, 0.717) is 16.6 Å². The minimum absolute atomic E-state index is 0.180. The molecular formula is C16H20BrFN2. The molecule has 0 spiro atoms. The molecule has 0 amide bonds. The molecule has 1 N–H and O–H groups in total. The summed E-state index contributed by atoms with van der Waals surface area (Å²) in [5, 5.41) is 4.38. The Morgan fingerprint density at radius 3 is 2.80 bits per heavy atom. The van der Waals surface area contributed by atoms with Gasteiger partial charge in [0.2, 0.25) is 0 Å². The number of benzene rings is 1. The van der Waals surface area contributed by atoms with Crippen molar-refractivity contribution < 1.29 is 4.39 Å². The molecule has 0 saturated carbocycles. The van der Waals surface area contributed by atoms with Crippen LogP contribution in [0.1, 0.15) is 50.8 Å². The predicted octanol–water partition coefficient (Wildman–Crippen LogP) is 4.94. The van der Waals surface area contributed by atoms with E-state index in [4.69, 9.17) is 0 Å². The van der Waals surface area contributed by atoms with Crippen molar-refractivity contribution in [1.29, 1.82) is 0 Å². The van der Waals surface area contributed by atoms with E-state index in [1.165, 1.54) is 5.56 Å². The van der Waals surface area contributed by atoms with Gasteiger partial charge in [0, 0.05) is 35.7 Å². The highest BCUT2D eigenvalue weighted by Gasteiger charge is 2.28. The monoisotopic (exact) mass is 338 g/mol. The van der Waals surface area contributed by atoms with Crippen LogP contribution in [0.5, 0.6) is 0 Å². The molecule has 1 aromatic carbocycles. The number of aromatic nitrogens is 1. The van der Waals surface area contributed by atoms with Gasteiger partial charge in [-0.05, 0) is 46.5 Å². The Hall–Kier alpha value is -0.870. The highest BCUT2D eigenvalue weighted by atomic mass is 79.9. The van der Waals surface area contributed by atoms with Gasteiger partial charge in [0.05, 0.1) is 4.47 Å². The van der Waals surface area contributed by atoms with Crippen LogP contribution in [0.15, 0.2) is 22.8 Å². The molecule has 0 radical (unpaired) electrons. The number of rotatable bonds is 5. The molecule has 2 unspecified atom stereocenters. The zero-order valence-electron chi connectivity index (χ0n) is 11.9. The summed E-state index contributed by atoms with van der Waals surface area (Å²) in [4.78, 5) is 0. The highest BCUT2D eigenvalue weighted by molar-refractivity contribution is 9.10. The lowest BCUT2D eigenvalue weighted by Crippen LogP contribution is -2.06. The second-order valence-electron chi connectivity index (χ2n) is 5.59. The van der Waals surface area contributed by atoms with E-state index in [2.05, 4.69) is 45.9 Å². The lowest BCUT2D eigenvalue weighted by Gasteiger charge is -2.17. The van der Waals surface area contributed by atoms with Gasteiger partial charge in [-0.25, -0.2) is 4.39 Å². The van der Waals surface area contributed by atoms with Crippen LogP contribution >= 0.6 is 15.9 Å². The van der Waals surface area contributed by atoms with Gasteiger partial charge >= 0.3 is 0 Å². The molecule has 2 heterocycles. The molecule has 4 heteroatoms. The largest absolute Gasteiger partial charge is 0.344 e. The summed E-state index contributed by atoms with van der Waals surface area (Å²) in [7, 11) is 0. The molecule has 1 aliphatic heterocycles. The Morgan fingerprint density at radius 1 is 1.45 bits per heavy atom. The van der Waals surface area contributed by atoms with Crippen molar-refractivity contribution in [2.24, 2.45) is 0 Å². The lowest BCUT2D eigenvalue weighted by atomic mass is 10.1. The Morgan fingerprint density at radius 2 is 2.20 bits per heavy atom. The van der Waals surface area contributed by atoms with Crippen molar-refractivity contribution in [1.82, 2.24) is 9.88 Å². The zero-order valence-corrected chi connectivity index (χ0v) is 13.5. The minimum atomic E-state index is -0.180. The van der Waals surface area contributed by atoms with Gasteiger partial charge in [0.1, 0.15) is 5.82 Å². The number of hydrogen-bond acceptors (Lipinski definition) is 1. The van der Waals surface area contributed by atoms with Crippen molar-refractivity contribution in [3.63, 3.8) is 0 Å². The van der Waals surface area contributed by atoms with Crippen LogP contribution < -0.4 is 5.32 Å². The van der Waals surface area contributed by atoms with E-state index in [-0.39, 0.29) is 5.82 Å². The number of nitrogens with one attached hydrogen (secondary N) is 1. The maximum atomic E-state index is 13.9. The Bertz CT molecular complexity index is 631. The van der Waals surface area contributed by atoms with Crippen molar-refractivity contribution in [2.75, 3.05) is 6.54 Å². The van der Waals surface area contributed by atoms with E-state index in [1.54, 1.807) is 6.07 Å². The van der Waals surface area contributed by atoms with E-state index >= 15 is 0 Å². The number of nitrogens with zero attached hydrogens (tertiary/aromatic N) is 1. The first-order valence-electron chi connectivity index (χ1n) is 7.38. The fraction of sp³-hybridized carbons (Fsp3) is 0.500. The summed E-state index contributed by atoms with van der Waals surface area (Å²) in [6, 6.07) is 4.49. The molecule has 1 fully saturated rings. The third-order valence-electron chi connectivity index (χ3n) is 4.18. The first kappa shape index (κ1) is 14.1. The highest BCUT2D eigenvalue weighted by Crippen LogP contribution is 2.36. The first-order valence-corrected chi connectivity index (χ1v) is 8.17. The molecule has 0 aliphatic carbocycles. The SMILES string of the molecule is CCCC(CC)n1cc(C2CN2)c2cc(F)c(Br)cc21. The molecule has 20 heavy (non-hydrogen) atoms. The smallest absolute Gasteiger partial charge is 0.138 e. The maximum Gasteiger partial charge on any atom is 0.138 e. The average molecular weight is 339 g/mol.